The largest absolute Gasteiger partial charge is 0.507 e. The van der Waals surface area contributed by atoms with Crippen LogP contribution in [0.3, 0.4) is 0 Å². The molecule has 0 aliphatic carbocycles. The summed E-state index contributed by atoms with van der Waals surface area (Å²) in [6.07, 6.45) is 3.99. The average molecular weight is 401 g/mol. The predicted molar refractivity (Wildman–Crippen MR) is 107 cm³/mol. The molecule has 146 valence electrons. The Morgan fingerprint density at radius 1 is 1.21 bits per heavy atom. The number of carbonyl (C=O) groups excluding carboxylic acids is 2. The van der Waals surface area contributed by atoms with Crippen LogP contribution in [0, 0.1) is 0 Å². The van der Waals surface area contributed by atoms with Crippen molar-refractivity contribution in [2.45, 2.75) is 12.5 Å². The van der Waals surface area contributed by atoms with E-state index in [-0.39, 0.29) is 11.3 Å². The van der Waals surface area contributed by atoms with Crippen LogP contribution < -0.4 is 4.90 Å². The minimum Gasteiger partial charge on any atom is -0.507 e. The summed E-state index contributed by atoms with van der Waals surface area (Å²) in [5, 5.41) is 11.4. The van der Waals surface area contributed by atoms with E-state index in [0.29, 0.717) is 22.7 Å². The van der Waals surface area contributed by atoms with Gasteiger partial charge in [-0.15, -0.1) is 0 Å². The van der Waals surface area contributed by atoms with E-state index < -0.39 is 17.7 Å². The number of pyridine rings is 1. The van der Waals surface area contributed by atoms with Gasteiger partial charge in [0.05, 0.1) is 32.3 Å². The van der Waals surface area contributed by atoms with Gasteiger partial charge in [-0.05, 0) is 35.9 Å². The molecule has 1 amide bonds. The van der Waals surface area contributed by atoms with E-state index in [2.05, 4.69) is 4.98 Å². The van der Waals surface area contributed by atoms with Crippen molar-refractivity contribution < 1.29 is 19.6 Å². The number of Topliss-reactive ketones (excluding diaryl/α,β-unsaturated/α-hetero) is 1. The third-order valence-electron chi connectivity index (χ3n) is 4.73. The Morgan fingerprint density at radius 3 is 2.54 bits per heavy atom. The van der Waals surface area contributed by atoms with Gasteiger partial charge in [0.25, 0.3) is 11.7 Å². The monoisotopic (exact) mass is 400 g/mol. The van der Waals surface area contributed by atoms with Gasteiger partial charge in [0.2, 0.25) is 0 Å². The number of aliphatic hydroxyl groups is 1. The summed E-state index contributed by atoms with van der Waals surface area (Å²) >= 11 is 5.92. The van der Waals surface area contributed by atoms with Gasteiger partial charge < -0.3 is 14.9 Å². The van der Waals surface area contributed by atoms with Gasteiger partial charge >= 0.3 is 0 Å². The molecule has 1 atom stereocenters. The molecule has 1 fully saturated rings. The molecule has 0 saturated carbocycles. The fourth-order valence-electron chi connectivity index (χ4n) is 3.36. The minimum absolute atomic E-state index is 0.0810. The lowest BCUT2D eigenvalue weighted by molar-refractivity contribution is -0.858. The number of amides is 1. The van der Waals surface area contributed by atoms with Crippen molar-refractivity contribution in [3.63, 3.8) is 0 Å². The summed E-state index contributed by atoms with van der Waals surface area (Å²) in [4.78, 5) is 32.5. The van der Waals surface area contributed by atoms with E-state index in [1.807, 2.05) is 20.2 Å². The highest BCUT2D eigenvalue weighted by Gasteiger charge is 2.45. The first-order valence-electron chi connectivity index (χ1n) is 9.13. The standard InChI is InChI=1S/C21H22ClN3O3/c1-24(2)11-4-12-25-18(15-5-3-10-23-13-15)17(20(27)21(25)28)19(26)14-6-8-16(22)9-7-14/h3,5-10,13,18,26H,4,11-12H2,1-2H3/p+1. The van der Waals surface area contributed by atoms with E-state index in [1.54, 1.807) is 42.7 Å². The van der Waals surface area contributed by atoms with Crippen molar-refractivity contribution in [2.24, 2.45) is 0 Å². The van der Waals surface area contributed by atoms with Gasteiger partial charge in [0, 0.05) is 35.9 Å². The maximum Gasteiger partial charge on any atom is 0.295 e. The Morgan fingerprint density at radius 2 is 1.93 bits per heavy atom. The van der Waals surface area contributed by atoms with Crippen molar-refractivity contribution in [3.05, 3.63) is 70.5 Å². The topological polar surface area (TPSA) is 74.9 Å². The number of aliphatic hydroxyl groups excluding tert-OH is 1. The molecular formula is C21H23ClN3O3+. The average Bonchev–Trinajstić information content (AvgIpc) is 2.93. The molecule has 1 aliphatic heterocycles. The molecule has 7 heteroatoms. The molecule has 0 radical (unpaired) electrons. The Bertz CT molecular complexity index is 895. The quantitative estimate of drug-likeness (QED) is 0.439. The molecule has 6 nitrogen and oxygen atoms in total. The Kier molecular flexibility index (Phi) is 6.11. The number of carbonyl (C=O) groups is 2. The summed E-state index contributed by atoms with van der Waals surface area (Å²) in [7, 11) is 4.07. The third-order valence-corrected chi connectivity index (χ3v) is 4.99. The molecule has 1 saturated heterocycles. The lowest BCUT2D eigenvalue weighted by Crippen LogP contribution is -3.05. The summed E-state index contributed by atoms with van der Waals surface area (Å²) < 4.78 is 0. The molecule has 1 aliphatic rings. The first-order valence-corrected chi connectivity index (χ1v) is 9.51. The molecule has 1 unspecified atom stereocenters. The van der Waals surface area contributed by atoms with Gasteiger partial charge in [-0.2, -0.15) is 0 Å². The zero-order valence-corrected chi connectivity index (χ0v) is 16.6. The number of ketones is 1. The van der Waals surface area contributed by atoms with Crippen LogP contribution >= 0.6 is 11.6 Å². The maximum absolute atomic E-state index is 12.8. The fourth-order valence-corrected chi connectivity index (χ4v) is 3.49. The van der Waals surface area contributed by atoms with E-state index in [4.69, 9.17) is 11.6 Å². The van der Waals surface area contributed by atoms with Crippen LogP contribution in [0.1, 0.15) is 23.6 Å². The van der Waals surface area contributed by atoms with Crippen molar-refractivity contribution in [1.82, 2.24) is 9.88 Å². The highest BCUT2D eigenvalue weighted by atomic mass is 35.5. The molecule has 1 aromatic heterocycles. The maximum atomic E-state index is 12.8. The second-order valence-corrected chi connectivity index (χ2v) is 7.53. The second kappa shape index (κ2) is 8.54. The highest BCUT2D eigenvalue weighted by molar-refractivity contribution is 6.46. The molecule has 2 aromatic rings. The number of aromatic nitrogens is 1. The number of rotatable bonds is 6. The first-order chi connectivity index (χ1) is 13.4. The van der Waals surface area contributed by atoms with Crippen LogP contribution in [0.15, 0.2) is 54.4 Å². The molecular weight excluding hydrogens is 378 g/mol. The first kappa shape index (κ1) is 20.0. The molecule has 2 N–H and O–H groups in total. The zero-order chi connectivity index (χ0) is 20.3. The molecule has 2 heterocycles. The van der Waals surface area contributed by atoms with Crippen LogP contribution in [0.5, 0.6) is 0 Å². The summed E-state index contributed by atoms with van der Waals surface area (Å²) in [6, 6.07) is 9.41. The van der Waals surface area contributed by atoms with Gasteiger partial charge in [0.15, 0.2) is 0 Å². The lowest BCUT2D eigenvalue weighted by Gasteiger charge is -2.25. The van der Waals surface area contributed by atoms with E-state index in [1.165, 1.54) is 9.80 Å². The van der Waals surface area contributed by atoms with Crippen molar-refractivity contribution in [2.75, 3.05) is 27.2 Å². The summed E-state index contributed by atoms with van der Waals surface area (Å²) in [5.74, 6) is -1.48. The van der Waals surface area contributed by atoms with E-state index in [0.717, 1.165) is 13.0 Å². The number of hydrogen-bond donors (Lipinski definition) is 2. The number of halogens is 1. The van der Waals surface area contributed by atoms with Crippen LogP contribution in [-0.4, -0.2) is 53.9 Å². The molecule has 1 aromatic carbocycles. The Balaban J connectivity index is 2.06. The van der Waals surface area contributed by atoms with Crippen molar-refractivity contribution >= 4 is 29.1 Å². The molecule has 3 rings (SSSR count). The van der Waals surface area contributed by atoms with Crippen LogP contribution in [0.4, 0.5) is 0 Å². The number of quaternary nitrogens is 1. The van der Waals surface area contributed by atoms with Gasteiger partial charge in [-0.25, -0.2) is 0 Å². The fraction of sp³-hybridized carbons (Fsp3) is 0.286. The Labute approximate surface area is 169 Å². The van der Waals surface area contributed by atoms with Crippen molar-refractivity contribution in [3.8, 4) is 0 Å². The minimum atomic E-state index is -0.682. The number of likely N-dealkylation sites (tertiary alicyclic amines) is 1. The van der Waals surface area contributed by atoms with Crippen LogP contribution in [0.2, 0.25) is 5.02 Å². The summed E-state index contributed by atoms with van der Waals surface area (Å²) in [6.45, 7) is 1.28. The summed E-state index contributed by atoms with van der Waals surface area (Å²) in [5.41, 5.74) is 1.21. The normalized spacial score (nSPS) is 18.9. The predicted octanol–water partition coefficient (Wildman–Crippen LogP) is 1.69. The van der Waals surface area contributed by atoms with Crippen molar-refractivity contribution in [1.29, 1.82) is 0 Å². The van der Waals surface area contributed by atoms with Gasteiger partial charge in [0.1, 0.15) is 5.76 Å². The number of nitrogens with one attached hydrogen (secondary N) is 1. The van der Waals surface area contributed by atoms with Crippen LogP contribution in [-0.2, 0) is 9.59 Å². The lowest BCUT2D eigenvalue weighted by atomic mass is 9.96. The van der Waals surface area contributed by atoms with Crippen LogP contribution in [0.25, 0.3) is 5.76 Å². The third kappa shape index (κ3) is 4.08. The zero-order valence-electron chi connectivity index (χ0n) is 15.9. The highest BCUT2D eigenvalue weighted by Crippen LogP contribution is 2.39. The molecule has 0 bridgehead atoms. The SMILES string of the molecule is C[NH+](C)CCCN1C(=O)C(=O)C(=C(O)c2ccc(Cl)cc2)C1c1cccnc1. The number of hydrogen-bond acceptors (Lipinski definition) is 4. The van der Waals surface area contributed by atoms with Gasteiger partial charge in [-0.3, -0.25) is 14.6 Å². The van der Waals surface area contributed by atoms with E-state index >= 15 is 0 Å². The van der Waals surface area contributed by atoms with E-state index in [9.17, 15) is 14.7 Å². The van der Waals surface area contributed by atoms with Gasteiger partial charge in [-0.1, -0.05) is 17.7 Å². The second-order valence-electron chi connectivity index (χ2n) is 7.10. The molecule has 0 spiro atoms. The number of benzene rings is 1. The smallest absolute Gasteiger partial charge is 0.295 e. The number of nitrogens with zero attached hydrogens (tertiary/aromatic N) is 2. The molecule has 28 heavy (non-hydrogen) atoms. The Hall–Kier alpha value is -2.70.